The van der Waals surface area contributed by atoms with Gasteiger partial charge in [0.05, 0.1) is 22.5 Å². The molecule has 0 saturated heterocycles. The Bertz CT molecular complexity index is 1470. The minimum absolute atomic E-state index is 0.0558. The number of Topliss-reactive ketones (excluding diaryl/α,β-unsaturated/α-hetero) is 1. The molecule has 36 heavy (non-hydrogen) atoms. The zero-order valence-electron chi connectivity index (χ0n) is 21.4. The van der Waals surface area contributed by atoms with Gasteiger partial charge in [-0.15, -0.1) is 0 Å². The van der Waals surface area contributed by atoms with Gasteiger partial charge in [0.15, 0.2) is 0 Å². The first-order valence-electron chi connectivity index (χ1n) is 12.4. The molecule has 5 rings (SSSR count). The molecule has 0 bridgehead atoms. The van der Waals surface area contributed by atoms with E-state index in [1.165, 1.54) is 0 Å². The lowest BCUT2D eigenvalue weighted by atomic mass is 9.71. The minimum Gasteiger partial charge on any atom is -0.506 e. The fourth-order valence-corrected chi connectivity index (χ4v) is 6.21. The number of halogens is 2. The van der Waals surface area contributed by atoms with E-state index in [0.717, 1.165) is 45.1 Å². The van der Waals surface area contributed by atoms with Crippen molar-refractivity contribution in [2.45, 2.75) is 65.2 Å². The molecule has 4 nitrogen and oxygen atoms in total. The summed E-state index contributed by atoms with van der Waals surface area (Å²) >= 11 is 12.6. The summed E-state index contributed by atoms with van der Waals surface area (Å²) in [5.74, 6) is -0.0759. The van der Waals surface area contributed by atoms with Crippen LogP contribution in [0, 0.1) is 0 Å². The molecule has 2 heterocycles. The Balaban J connectivity index is 1.63. The molecule has 0 amide bonds. The quantitative estimate of drug-likeness (QED) is 0.397. The van der Waals surface area contributed by atoms with Gasteiger partial charge in [-0.2, -0.15) is 0 Å². The lowest BCUT2D eigenvalue weighted by Gasteiger charge is -2.32. The van der Waals surface area contributed by atoms with Crippen molar-refractivity contribution in [1.29, 1.82) is 0 Å². The number of aliphatic hydroxyl groups is 1. The number of allylic oxidation sites excluding steroid dienone is 5. The van der Waals surface area contributed by atoms with Crippen LogP contribution in [0.4, 0.5) is 11.4 Å². The molecule has 0 saturated carbocycles. The van der Waals surface area contributed by atoms with Gasteiger partial charge in [0.2, 0.25) is 5.78 Å². The summed E-state index contributed by atoms with van der Waals surface area (Å²) in [4.78, 5) is 18.6. The topological polar surface area (TPSA) is 61.7 Å². The van der Waals surface area contributed by atoms with E-state index in [9.17, 15) is 9.90 Å². The van der Waals surface area contributed by atoms with Crippen molar-refractivity contribution >= 4 is 46.1 Å². The van der Waals surface area contributed by atoms with Crippen LogP contribution in [0.2, 0.25) is 10.0 Å². The number of ketones is 1. The zero-order chi connectivity index (χ0) is 26.2. The lowest BCUT2D eigenvalue weighted by molar-refractivity contribution is -0.113. The van der Waals surface area contributed by atoms with Crippen LogP contribution in [0.1, 0.15) is 65.5 Å². The summed E-state index contributed by atoms with van der Waals surface area (Å²) in [7, 11) is 0. The molecule has 6 heteroatoms. The van der Waals surface area contributed by atoms with Gasteiger partial charge in [-0.1, -0.05) is 64.7 Å². The molecule has 0 fully saturated rings. The third kappa shape index (κ3) is 3.42. The fourth-order valence-electron chi connectivity index (χ4n) is 5.86. The predicted octanol–water partition coefficient (Wildman–Crippen LogP) is 8.53. The highest BCUT2D eigenvalue weighted by atomic mass is 35.5. The first-order chi connectivity index (χ1) is 16.9. The summed E-state index contributed by atoms with van der Waals surface area (Å²) < 4.78 is 0. The molecular formula is C30H30Cl2N2O2. The second kappa shape index (κ2) is 8.36. The van der Waals surface area contributed by atoms with E-state index in [1.54, 1.807) is 0 Å². The van der Waals surface area contributed by atoms with Crippen LogP contribution in [0.25, 0.3) is 0 Å². The maximum absolute atomic E-state index is 13.7. The number of nitrogens with zero attached hydrogens (tertiary/aromatic N) is 1. The van der Waals surface area contributed by atoms with Gasteiger partial charge in [-0.05, 0) is 71.5 Å². The number of carbonyl (C=O) groups is 1. The van der Waals surface area contributed by atoms with Gasteiger partial charge in [0.25, 0.3) is 0 Å². The fraction of sp³-hybridized carbons (Fsp3) is 0.333. The average molecular weight is 521 g/mol. The summed E-state index contributed by atoms with van der Waals surface area (Å²) in [5.41, 5.74) is 7.23. The van der Waals surface area contributed by atoms with Gasteiger partial charge in [-0.25, -0.2) is 0 Å². The van der Waals surface area contributed by atoms with Gasteiger partial charge in [0, 0.05) is 32.3 Å². The zero-order valence-corrected chi connectivity index (χ0v) is 22.9. The van der Waals surface area contributed by atoms with E-state index in [4.69, 9.17) is 28.2 Å². The second-order valence-electron chi connectivity index (χ2n) is 10.7. The molecule has 0 radical (unpaired) electrons. The number of aliphatic imine (C=N–C) groups is 1. The Morgan fingerprint density at radius 1 is 0.917 bits per heavy atom. The highest BCUT2D eigenvalue weighted by Crippen LogP contribution is 2.50. The molecule has 2 aromatic rings. The van der Waals surface area contributed by atoms with E-state index in [-0.39, 0.29) is 17.0 Å². The number of hydrogen-bond acceptors (Lipinski definition) is 4. The SMILES string of the molecule is CCC(C1=Nc2ccc(Cl)cc2C1(C)C)=C1C(=O)C(/C(CC)=C2/Nc3ccc(Cl)cc3C2(C)C)=C1O. The standard InChI is InChI=1S/C30H30Cl2N2O2/c1-7-17(27-29(3,4)19-13-15(31)9-11-21(19)33-27)23-25(35)24(26(23)36)18(8-2)28-30(5,6)20-14-16(32)10-12-22(20)34-28/h9-14,33,35H,7-8H2,1-6H3/b24-18?,27-17+. The van der Waals surface area contributed by atoms with Crippen molar-refractivity contribution in [3.63, 3.8) is 0 Å². The Morgan fingerprint density at radius 2 is 1.53 bits per heavy atom. The van der Waals surface area contributed by atoms with Crippen LogP contribution < -0.4 is 5.32 Å². The van der Waals surface area contributed by atoms with Gasteiger partial charge < -0.3 is 10.4 Å². The van der Waals surface area contributed by atoms with Crippen LogP contribution in [0.5, 0.6) is 0 Å². The Kier molecular flexibility index (Phi) is 5.77. The van der Waals surface area contributed by atoms with E-state index in [2.05, 4.69) is 33.0 Å². The molecule has 0 unspecified atom stereocenters. The molecule has 0 aromatic heterocycles. The molecule has 3 aliphatic rings. The first kappa shape index (κ1) is 24.9. The monoisotopic (exact) mass is 520 g/mol. The predicted molar refractivity (Wildman–Crippen MR) is 149 cm³/mol. The van der Waals surface area contributed by atoms with Crippen LogP contribution in [-0.2, 0) is 15.6 Å². The summed E-state index contributed by atoms with van der Waals surface area (Å²) in [5, 5.41) is 16.2. The Hall–Kier alpha value is -2.82. The van der Waals surface area contributed by atoms with Crippen molar-refractivity contribution in [3.8, 4) is 0 Å². The number of fused-ring (bicyclic) bond motifs is 2. The maximum atomic E-state index is 13.7. The van der Waals surface area contributed by atoms with Crippen molar-refractivity contribution in [3.05, 3.63) is 91.3 Å². The third-order valence-electron chi connectivity index (χ3n) is 7.82. The molecule has 2 aliphatic heterocycles. The van der Waals surface area contributed by atoms with Gasteiger partial charge in [0.1, 0.15) is 5.76 Å². The molecule has 186 valence electrons. The summed E-state index contributed by atoms with van der Waals surface area (Å²) in [6, 6.07) is 11.4. The molecule has 2 aromatic carbocycles. The van der Waals surface area contributed by atoms with Crippen LogP contribution in [0.15, 0.2) is 75.1 Å². The lowest BCUT2D eigenvalue weighted by Crippen LogP contribution is -2.33. The second-order valence-corrected chi connectivity index (χ2v) is 11.5. The molecule has 2 N–H and O–H groups in total. The van der Waals surface area contributed by atoms with E-state index in [0.29, 0.717) is 34.0 Å². The van der Waals surface area contributed by atoms with E-state index < -0.39 is 5.41 Å². The maximum Gasteiger partial charge on any atom is 0.201 e. The van der Waals surface area contributed by atoms with Crippen molar-refractivity contribution in [1.82, 2.24) is 0 Å². The Labute approximate surface area is 222 Å². The number of aliphatic hydroxyl groups excluding tert-OH is 1. The summed E-state index contributed by atoms with van der Waals surface area (Å²) in [6.07, 6.45) is 1.18. The minimum atomic E-state index is -0.434. The summed E-state index contributed by atoms with van der Waals surface area (Å²) in [6.45, 7) is 12.4. The van der Waals surface area contributed by atoms with Crippen molar-refractivity contribution < 1.29 is 9.90 Å². The normalized spacial score (nSPS) is 22.0. The number of anilines is 1. The largest absolute Gasteiger partial charge is 0.506 e. The molecule has 1 aliphatic carbocycles. The van der Waals surface area contributed by atoms with Crippen LogP contribution >= 0.6 is 23.2 Å². The number of rotatable bonds is 4. The third-order valence-corrected chi connectivity index (χ3v) is 8.29. The average Bonchev–Trinajstić information content (AvgIpc) is 3.24. The highest BCUT2D eigenvalue weighted by Gasteiger charge is 2.46. The smallest absolute Gasteiger partial charge is 0.201 e. The number of nitrogens with one attached hydrogen (secondary N) is 1. The number of carbonyl (C=O) groups excluding carboxylic acids is 1. The number of benzene rings is 2. The first-order valence-corrected chi connectivity index (χ1v) is 13.1. The highest BCUT2D eigenvalue weighted by molar-refractivity contribution is 6.31. The molecule has 0 atom stereocenters. The van der Waals surface area contributed by atoms with Crippen molar-refractivity contribution in [2.24, 2.45) is 4.99 Å². The van der Waals surface area contributed by atoms with Gasteiger partial charge >= 0.3 is 0 Å². The van der Waals surface area contributed by atoms with Gasteiger partial charge in [-0.3, -0.25) is 9.79 Å². The van der Waals surface area contributed by atoms with Crippen LogP contribution in [0.3, 0.4) is 0 Å². The Morgan fingerprint density at radius 3 is 2.14 bits per heavy atom. The van der Waals surface area contributed by atoms with E-state index in [1.807, 2.05) is 50.2 Å². The number of hydrogen-bond donors (Lipinski definition) is 2. The van der Waals surface area contributed by atoms with Crippen LogP contribution in [-0.4, -0.2) is 16.6 Å². The molecule has 0 spiro atoms. The van der Waals surface area contributed by atoms with E-state index >= 15 is 0 Å². The van der Waals surface area contributed by atoms with Crippen molar-refractivity contribution in [2.75, 3.05) is 5.32 Å². The molecular weight excluding hydrogens is 491 g/mol.